The van der Waals surface area contributed by atoms with Gasteiger partial charge in [0.25, 0.3) is 0 Å². The van der Waals surface area contributed by atoms with Crippen molar-refractivity contribution in [2.45, 2.75) is 39.7 Å². The zero-order chi connectivity index (χ0) is 13.8. The van der Waals surface area contributed by atoms with Crippen molar-refractivity contribution in [3.8, 4) is 0 Å². The second-order valence-corrected chi connectivity index (χ2v) is 5.68. The van der Waals surface area contributed by atoms with Crippen molar-refractivity contribution in [3.63, 3.8) is 0 Å². The molecule has 0 bridgehead atoms. The molecular weight excluding hydrogens is 280 g/mol. The highest BCUT2D eigenvalue weighted by Gasteiger charge is 2.14. The fraction of sp³-hybridized carbons (Fsp3) is 0.462. The van der Waals surface area contributed by atoms with E-state index in [-0.39, 0.29) is 6.04 Å². The van der Waals surface area contributed by atoms with Crippen LogP contribution < -0.4 is 5.32 Å². The van der Waals surface area contributed by atoms with Gasteiger partial charge in [0, 0.05) is 16.6 Å². The number of hydrogen-bond donors (Lipinski definition) is 1. The number of rotatable bonds is 5. The highest BCUT2D eigenvalue weighted by molar-refractivity contribution is 7.09. The number of hydrogen-bond acceptors (Lipinski definition) is 5. The summed E-state index contributed by atoms with van der Waals surface area (Å²) in [6, 6.07) is 0.111. The molecule has 0 aromatic carbocycles. The van der Waals surface area contributed by atoms with E-state index in [9.17, 15) is 0 Å². The van der Waals surface area contributed by atoms with Gasteiger partial charge >= 0.3 is 0 Å². The van der Waals surface area contributed by atoms with E-state index in [1.54, 1.807) is 11.3 Å². The van der Waals surface area contributed by atoms with E-state index in [1.165, 1.54) is 6.33 Å². The van der Waals surface area contributed by atoms with Crippen LogP contribution in [0.5, 0.6) is 0 Å². The van der Waals surface area contributed by atoms with E-state index in [0.29, 0.717) is 5.15 Å². The van der Waals surface area contributed by atoms with Crippen molar-refractivity contribution < 1.29 is 0 Å². The summed E-state index contributed by atoms with van der Waals surface area (Å²) in [6.45, 7) is 6.18. The maximum Gasteiger partial charge on any atom is 0.137 e. The fourth-order valence-corrected chi connectivity index (χ4v) is 2.86. The summed E-state index contributed by atoms with van der Waals surface area (Å²) in [5.41, 5.74) is 2.02. The lowest BCUT2D eigenvalue weighted by Crippen LogP contribution is -2.10. The molecular formula is C13H17ClN4S. The van der Waals surface area contributed by atoms with Crippen molar-refractivity contribution >= 4 is 28.8 Å². The summed E-state index contributed by atoms with van der Waals surface area (Å²) in [6.07, 6.45) is 3.36. The second-order valence-electron chi connectivity index (χ2n) is 4.43. The monoisotopic (exact) mass is 296 g/mol. The Morgan fingerprint density at radius 1 is 1.42 bits per heavy atom. The van der Waals surface area contributed by atoms with Gasteiger partial charge in [-0.25, -0.2) is 15.0 Å². The van der Waals surface area contributed by atoms with Crippen LogP contribution in [0.4, 0.5) is 5.82 Å². The Labute approximate surface area is 122 Å². The van der Waals surface area contributed by atoms with Gasteiger partial charge in [0.05, 0.1) is 6.04 Å². The lowest BCUT2D eigenvalue weighted by molar-refractivity contribution is 0.834. The number of thiazole rings is 1. The molecule has 0 saturated carbocycles. The van der Waals surface area contributed by atoms with E-state index in [0.717, 1.165) is 34.9 Å². The normalized spacial score (nSPS) is 12.4. The first-order valence-corrected chi connectivity index (χ1v) is 7.55. The molecule has 2 rings (SSSR count). The molecule has 0 aliphatic heterocycles. The second kappa shape index (κ2) is 6.30. The van der Waals surface area contributed by atoms with Gasteiger partial charge in [-0.1, -0.05) is 24.9 Å². The minimum absolute atomic E-state index is 0.111. The van der Waals surface area contributed by atoms with E-state index in [4.69, 9.17) is 11.6 Å². The Kier molecular flexibility index (Phi) is 4.71. The van der Waals surface area contributed by atoms with Crippen LogP contribution in [0.15, 0.2) is 11.7 Å². The average molecular weight is 297 g/mol. The maximum absolute atomic E-state index is 6.14. The maximum atomic E-state index is 6.14. The standard InChI is InChI=1S/C13H17ClN4S/c1-4-5-10-11(14)15-7-16-12(10)18-9(3)13-17-8(2)6-19-13/h6-7,9H,4-5H2,1-3H3,(H,15,16,18). The molecule has 0 aliphatic rings. The molecule has 0 amide bonds. The Bertz CT molecular complexity index is 555. The van der Waals surface area contributed by atoms with Crippen molar-refractivity contribution in [1.29, 1.82) is 0 Å². The van der Waals surface area contributed by atoms with Crippen LogP contribution in [-0.2, 0) is 6.42 Å². The summed E-state index contributed by atoms with van der Waals surface area (Å²) in [5, 5.41) is 7.01. The Morgan fingerprint density at radius 3 is 2.84 bits per heavy atom. The molecule has 19 heavy (non-hydrogen) atoms. The summed E-state index contributed by atoms with van der Waals surface area (Å²) in [7, 11) is 0. The molecule has 4 nitrogen and oxygen atoms in total. The third kappa shape index (κ3) is 3.42. The minimum Gasteiger partial charge on any atom is -0.361 e. The number of anilines is 1. The first-order chi connectivity index (χ1) is 9.11. The molecule has 2 aromatic rings. The molecule has 1 unspecified atom stereocenters. The smallest absolute Gasteiger partial charge is 0.137 e. The van der Waals surface area contributed by atoms with Crippen LogP contribution in [0.1, 0.15) is 42.6 Å². The van der Waals surface area contributed by atoms with Gasteiger partial charge < -0.3 is 5.32 Å². The van der Waals surface area contributed by atoms with Gasteiger partial charge in [-0.15, -0.1) is 11.3 Å². The highest BCUT2D eigenvalue weighted by Crippen LogP contribution is 2.26. The van der Waals surface area contributed by atoms with E-state index in [2.05, 4.69) is 34.1 Å². The number of halogens is 1. The first-order valence-electron chi connectivity index (χ1n) is 6.29. The molecule has 6 heteroatoms. The predicted molar refractivity (Wildman–Crippen MR) is 79.9 cm³/mol. The lowest BCUT2D eigenvalue weighted by atomic mass is 10.2. The number of aryl methyl sites for hydroxylation is 1. The van der Waals surface area contributed by atoms with Crippen molar-refractivity contribution in [3.05, 3.63) is 33.1 Å². The third-order valence-electron chi connectivity index (χ3n) is 2.75. The van der Waals surface area contributed by atoms with Crippen molar-refractivity contribution in [2.24, 2.45) is 0 Å². The topological polar surface area (TPSA) is 50.7 Å². The zero-order valence-electron chi connectivity index (χ0n) is 11.3. The van der Waals surface area contributed by atoms with Crippen LogP contribution in [0.25, 0.3) is 0 Å². The molecule has 0 fully saturated rings. The lowest BCUT2D eigenvalue weighted by Gasteiger charge is -2.15. The molecule has 0 saturated heterocycles. The average Bonchev–Trinajstić information content (AvgIpc) is 2.80. The first kappa shape index (κ1) is 14.2. The summed E-state index contributed by atoms with van der Waals surface area (Å²) in [4.78, 5) is 12.8. The summed E-state index contributed by atoms with van der Waals surface area (Å²) >= 11 is 7.79. The van der Waals surface area contributed by atoms with E-state index in [1.807, 2.05) is 12.3 Å². The van der Waals surface area contributed by atoms with Gasteiger partial charge in [0.2, 0.25) is 0 Å². The van der Waals surface area contributed by atoms with Gasteiger partial charge in [0.15, 0.2) is 0 Å². The quantitative estimate of drug-likeness (QED) is 0.847. The van der Waals surface area contributed by atoms with Gasteiger partial charge in [-0.2, -0.15) is 0 Å². The van der Waals surface area contributed by atoms with Crippen LogP contribution in [-0.4, -0.2) is 15.0 Å². The van der Waals surface area contributed by atoms with E-state index >= 15 is 0 Å². The SMILES string of the molecule is CCCc1c(Cl)ncnc1NC(C)c1nc(C)cs1. The van der Waals surface area contributed by atoms with Crippen LogP contribution in [0.2, 0.25) is 5.15 Å². The number of nitrogens with zero attached hydrogens (tertiary/aromatic N) is 3. The number of aromatic nitrogens is 3. The Morgan fingerprint density at radius 2 is 2.21 bits per heavy atom. The van der Waals surface area contributed by atoms with Crippen molar-refractivity contribution in [2.75, 3.05) is 5.32 Å². The largest absolute Gasteiger partial charge is 0.361 e. The number of nitrogens with one attached hydrogen (secondary N) is 1. The zero-order valence-corrected chi connectivity index (χ0v) is 12.8. The molecule has 0 radical (unpaired) electrons. The minimum atomic E-state index is 0.111. The molecule has 102 valence electrons. The van der Waals surface area contributed by atoms with Crippen LogP contribution in [0, 0.1) is 6.92 Å². The molecule has 0 spiro atoms. The van der Waals surface area contributed by atoms with Crippen LogP contribution in [0.3, 0.4) is 0 Å². The molecule has 1 N–H and O–H groups in total. The Balaban J connectivity index is 2.21. The molecule has 0 aliphatic carbocycles. The predicted octanol–water partition coefficient (Wildman–Crippen LogP) is 4.02. The van der Waals surface area contributed by atoms with E-state index < -0.39 is 0 Å². The highest BCUT2D eigenvalue weighted by atomic mass is 35.5. The van der Waals surface area contributed by atoms with Crippen LogP contribution >= 0.6 is 22.9 Å². The Hall–Kier alpha value is -1.20. The molecule has 1 atom stereocenters. The third-order valence-corrected chi connectivity index (χ3v) is 4.22. The molecule has 2 aromatic heterocycles. The summed E-state index contributed by atoms with van der Waals surface area (Å²) in [5.74, 6) is 0.808. The van der Waals surface area contributed by atoms with Gasteiger partial charge in [-0.05, 0) is 20.3 Å². The fourth-order valence-electron chi connectivity index (χ4n) is 1.82. The van der Waals surface area contributed by atoms with Crippen molar-refractivity contribution in [1.82, 2.24) is 15.0 Å². The summed E-state index contributed by atoms with van der Waals surface area (Å²) < 4.78 is 0. The van der Waals surface area contributed by atoms with Gasteiger partial charge in [0.1, 0.15) is 22.3 Å². The van der Waals surface area contributed by atoms with Gasteiger partial charge in [-0.3, -0.25) is 0 Å². The molecule has 2 heterocycles.